The highest BCUT2D eigenvalue weighted by atomic mass is 19.1. The van der Waals surface area contributed by atoms with Crippen LogP contribution < -0.4 is 16.6 Å². The number of rotatable bonds is 6. The number of amides is 1. The van der Waals surface area contributed by atoms with E-state index in [1.165, 1.54) is 5.56 Å². The van der Waals surface area contributed by atoms with Gasteiger partial charge in [-0.2, -0.15) is 0 Å². The van der Waals surface area contributed by atoms with E-state index >= 15 is 0 Å². The number of hydrogen-bond acceptors (Lipinski definition) is 4. The van der Waals surface area contributed by atoms with Gasteiger partial charge in [-0.1, -0.05) is 36.4 Å². The number of nitrogens with two attached hydrogens (primary N) is 1. The van der Waals surface area contributed by atoms with Crippen LogP contribution in [0, 0.1) is 5.82 Å². The molecule has 2 aromatic rings. The predicted octanol–water partition coefficient (Wildman–Crippen LogP) is 2.79. The van der Waals surface area contributed by atoms with E-state index in [0.717, 1.165) is 17.5 Å². The van der Waals surface area contributed by atoms with E-state index in [2.05, 4.69) is 23.0 Å². The summed E-state index contributed by atoms with van der Waals surface area (Å²) in [6, 6.07) is 13.5. The van der Waals surface area contributed by atoms with Crippen LogP contribution in [-0.4, -0.2) is 18.7 Å². The summed E-state index contributed by atoms with van der Waals surface area (Å²) in [6.07, 6.45) is 0.892. The first-order valence-corrected chi connectivity index (χ1v) is 8.85. The molecule has 1 aliphatic rings. The van der Waals surface area contributed by atoms with E-state index in [1.807, 2.05) is 24.3 Å². The molecule has 0 saturated heterocycles. The number of carbonyl (C=O) groups is 1. The molecule has 0 aliphatic heterocycles. The topological polar surface area (TPSA) is 76.4 Å². The molecule has 0 saturated carbocycles. The average Bonchev–Trinajstić information content (AvgIpc) is 2.96. The summed E-state index contributed by atoms with van der Waals surface area (Å²) in [7, 11) is 0. The van der Waals surface area contributed by atoms with Crippen molar-refractivity contribution in [3.63, 3.8) is 0 Å². The molecule has 3 rings (SSSR count). The van der Waals surface area contributed by atoms with Crippen LogP contribution >= 0.6 is 0 Å². The summed E-state index contributed by atoms with van der Waals surface area (Å²) in [5.41, 5.74) is 15.1. The molecule has 2 aromatic carbocycles. The fraction of sp³-hybridized carbons (Fsp3) is 0.350. The second-order valence-electron chi connectivity index (χ2n) is 6.44. The third-order valence-electron chi connectivity index (χ3n) is 4.79. The van der Waals surface area contributed by atoms with Gasteiger partial charge in [0.25, 0.3) is 0 Å². The first-order valence-electron chi connectivity index (χ1n) is 8.85. The number of hydrogen-bond donors (Lipinski definition) is 3. The molecule has 0 spiro atoms. The normalized spacial score (nSPS) is 18.4. The van der Waals surface area contributed by atoms with Crippen molar-refractivity contribution in [3.05, 3.63) is 70.5 Å². The average molecular weight is 357 g/mol. The molecule has 1 aliphatic carbocycles. The second-order valence-corrected chi connectivity index (χ2v) is 6.44. The van der Waals surface area contributed by atoms with Crippen LogP contribution in [0.15, 0.2) is 42.5 Å². The quantitative estimate of drug-likeness (QED) is 0.695. The van der Waals surface area contributed by atoms with Crippen LogP contribution in [0.5, 0.6) is 0 Å². The van der Waals surface area contributed by atoms with E-state index in [-0.39, 0.29) is 24.3 Å². The van der Waals surface area contributed by atoms with Gasteiger partial charge in [-0.15, -0.1) is 0 Å². The molecule has 1 amide bonds. The number of halogens is 1. The Morgan fingerprint density at radius 2 is 2.08 bits per heavy atom. The van der Waals surface area contributed by atoms with Crippen molar-refractivity contribution in [2.75, 3.05) is 6.61 Å². The van der Waals surface area contributed by atoms with Crippen LogP contribution in [0.4, 0.5) is 9.18 Å². The number of fused-ring (bicyclic) bond motifs is 1. The maximum absolute atomic E-state index is 14.2. The van der Waals surface area contributed by atoms with Crippen molar-refractivity contribution in [3.8, 4) is 0 Å². The van der Waals surface area contributed by atoms with Gasteiger partial charge in [0.1, 0.15) is 5.82 Å². The van der Waals surface area contributed by atoms with Crippen molar-refractivity contribution in [2.24, 2.45) is 5.73 Å². The maximum Gasteiger partial charge on any atom is 0.421 e. The number of carbonyl (C=O) groups excluding carboxylic acids is 1. The molecule has 138 valence electrons. The minimum atomic E-state index is -0.518. The molecule has 26 heavy (non-hydrogen) atoms. The van der Waals surface area contributed by atoms with Crippen LogP contribution in [0.25, 0.3) is 0 Å². The molecule has 0 fully saturated rings. The first-order chi connectivity index (χ1) is 12.6. The van der Waals surface area contributed by atoms with Gasteiger partial charge in [-0.3, -0.25) is 5.43 Å². The summed E-state index contributed by atoms with van der Waals surface area (Å²) < 4.78 is 19.0. The molecule has 0 aromatic heterocycles. The predicted molar refractivity (Wildman–Crippen MR) is 98.0 cm³/mol. The summed E-state index contributed by atoms with van der Waals surface area (Å²) >= 11 is 0. The Kier molecular flexibility index (Phi) is 5.85. The molecule has 2 unspecified atom stereocenters. The van der Waals surface area contributed by atoms with Crippen molar-refractivity contribution >= 4 is 6.09 Å². The summed E-state index contributed by atoms with van der Waals surface area (Å²) in [5, 5.41) is 0. The van der Waals surface area contributed by atoms with Gasteiger partial charge in [0, 0.05) is 24.1 Å². The van der Waals surface area contributed by atoms with Crippen LogP contribution in [0.1, 0.15) is 35.1 Å². The number of nitrogens with one attached hydrogen (secondary N) is 2. The van der Waals surface area contributed by atoms with Crippen molar-refractivity contribution in [1.82, 2.24) is 10.9 Å². The molecule has 0 heterocycles. The second kappa shape index (κ2) is 8.29. The van der Waals surface area contributed by atoms with E-state index in [9.17, 15) is 9.18 Å². The highest BCUT2D eigenvalue weighted by molar-refractivity contribution is 5.66. The van der Waals surface area contributed by atoms with Gasteiger partial charge in [0.05, 0.1) is 6.61 Å². The molecular formula is C20H24FN3O2. The number of benzene rings is 2. The lowest BCUT2D eigenvalue weighted by molar-refractivity contribution is 0.144. The molecule has 0 radical (unpaired) electrons. The number of ether oxygens (including phenoxy) is 1. The molecular weight excluding hydrogens is 333 g/mol. The lowest BCUT2D eigenvalue weighted by atomic mass is 9.90. The van der Waals surface area contributed by atoms with Crippen molar-refractivity contribution < 1.29 is 13.9 Å². The zero-order valence-electron chi connectivity index (χ0n) is 14.8. The Labute approximate surface area is 152 Å². The first kappa shape index (κ1) is 18.4. The van der Waals surface area contributed by atoms with Gasteiger partial charge in [-0.05, 0) is 42.5 Å². The summed E-state index contributed by atoms with van der Waals surface area (Å²) in [6.45, 7) is 2.22. The Hall–Kier alpha value is -2.44. The standard InChI is InChI=1S/C20H24FN3O2/c1-2-26-20(25)24-23-19-11-14-10-18(21)15(12-22)9-16(14)17(19)8-13-6-4-3-5-7-13/h3-7,9-10,17,19,23H,2,8,11-12,22H2,1H3,(H,24,25). The third-order valence-corrected chi connectivity index (χ3v) is 4.79. The van der Waals surface area contributed by atoms with Crippen molar-refractivity contribution in [2.45, 2.75) is 38.3 Å². The monoisotopic (exact) mass is 357 g/mol. The molecule has 6 heteroatoms. The van der Waals surface area contributed by atoms with Crippen LogP contribution in [0.2, 0.25) is 0 Å². The van der Waals surface area contributed by atoms with E-state index in [4.69, 9.17) is 10.5 Å². The molecule has 4 N–H and O–H groups in total. The lowest BCUT2D eigenvalue weighted by Crippen LogP contribution is -2.46. The van der Waals surface area contributed by atoms with Gasteiger partial charge < -0.3 is 10.5 Å². The highest BCUT2D eigenvalue weighted by Crippen LogP contribution is 2.37. The smallest absolute Gasteiger partial charge is 0.421 e. The Morgan fingerprint density at radius 1 is 1.31 bits per heavy atom. The maximum atomic E-state index is 14.2. The summed E-state index contributed by atoms with van der Waals surface area (Å²) in [4.78, 5) is 11.6. The van der Waals surface area contributed by atoms with Crippen molar-refractivity contribution in [1.29, 1.82) is 0 Å². The molecule has 0 bridgehead atoms. The van der Waals surface area contributed by atoms with Gasteiger partial charge in [0.15, 0.2) is 0 Å². The van der Waals surface area contributed by atoms with Gasteiger partial charge >= 0.3 is 6.09 Å². The van der Waals surface area contributed by atoms with E-state index in [0.29, 0.717) is 18.6 Å². The lowest BCUT2D eigenvalue weighted by Gasteiger charge is -2.22. The Bertz CT molecular complexity index is 767. The minimum absolute atomic E-state index is 0.0537. The number of hydrazine groups is 1. The third kappa shape index (κ3) is 4.03. The van der Waals surface area contributed by atoms with Crippen LogP contribution in [-0.2, 0) is 24.1 Å². The molecule has 5 nitrogen and oxygen atoms in total. The fourth-order valence-electron chi connectivity index (χ4n) is 3.54. The fourth-order valence-corrected chi connectivity index (χ4v) is 3.54. The molecule has 2 atom stereocenters. The highest BCUT2D eigenvalue weighted by Gasteiger charge is 2.33. The minimum Gasteiger partial charge on any atom is -0.449 e. The SMILES string of the molecule is CCOC(=O)NNC1Cc2cc(F)c(CN)cc2C1Cc1ccccc1. The zero-order valence-corrected chi connectivity index (χ0v) is 14.8. The van der Waals surface area contributed by atoms with E-state index in [1.54, 1.807) is 13.0 Å². The van der Waals surface area contributed by atoms with Crippen LogP contribution in [0.3, 0.4) is 0 Å². The largest absolute Gasteiger partial charge is 0.449 e. The Balaban J connectivity index is 1.85. The Morgan fingerprint density at radius 3 is 2.77 bits per heavy atom. The van der Waals surface area contributed by atoms with E-state index < -0.39 is 6.09 Å². The van der Waals surface area contributed by atoms with Gasteiger partial charge in [0.2, 0.25) is 0 Å². The summed E-state index contributed by atoms with van der Waals surface area (Å²) in [5.74, 6) is -0.177. The van der Waals surface area contributed by atoms with Gasteiger partial charge in [-0.25, -0.2) is 14.6 Å². The zero-order chi connectivity index (χ0) is 18.5.